The van der Waals surface area contributed by atoms with Crippen LogP contribution in [-0.4, -0.2) is 21.7 Å². The van der Waals surface area contributed by atoms with Crippen molar-refractivity contribution in [3.05, 3.63) is 26.6 Å². The molecule has 0 aliphatic heterocycles. The van der Waals surface area contributed by atoms with Gasteiger partial charge in [0.2, 0.25) is 5.91 Å². The summed E-state index contributed by atoms with van der Waals surface area (Å²) in [4.78, 5) is 23.3. The number of halogens is 2. The molecule has 0 fully saturated rings. The van der Waals surface area contributed by atoms with Gasteiger partial charge in [0.15, 0.2) is 0 Å². The molecule has 0 aromatic carbocycles. The highest BCUT2D eigenvalue weighted by Crippen LogP contribution is 2.14. The summed E-state index contributed by atoms with van der Waals surface area (Å²) in [6.45, 7) is 5.71. The molecule has 100 valence electrons. The van der Waals surface area contributed by atoms with Gasteiger partial charge in [0.25, 0.3) is 5.56 Å². The third-order valence-corrected chi connectivity index (χ3v) is 3.37. The molecule has 1 atom stereocenters. The highest BCUT2D eigenvalue weighted by atomic mass is 35.5. The van der Waals surface area contributed by atoms with Gasteiger partial charge in [-0.2, -0.15) is 5.10 Å². The van der Waals surface area contributed by atoms with Crippen LogP contribution < -0.4 is 10.9 Å². The van der Waals surface area contributed by atoms with E-state index in [1.54, 1.807) is 0 Å². The van der Waals surface area contributed by atoms with Crippen LogP contribution in [0.15, 0.2) is 11.0 Å². The fourth-order valence-corrected chi connectivity index (χ4v) is 1.43. The van der Waals surface area contributed by atoms with Gasteiger partial charge in [-0.15, -0.1) is 0 Å². The van der Waals surface area contributed by atoms with Crippen LogP contribution in [0.1, 0.15) is 20.8 Å². The highest BCUT2D eigenvalue weighted by molar-refractivity contribution is 6.41. The summed E-state index contributed by atoms with van der Waals surface area (Å²) in [5.74, 6) is 0.0247. The van der Waals surface area contributed by atoms with E-state index >= 15 is 0 Å². The average molecular weight is 292 g/mol. The van der Waals surface area contributed by atoms with Gasteiger partial charge in [-0.1, -0.05) is 37.0 Å². The van der Waals surface area contributed by atoms with Crippen LogP contribution >= 0.6 is 23.2 Å². The smallest absolute Gasteiger partial charge is 0.287 e. The van der Waals surface area contributed by atoms with Gasteiger partial charge in [0.1, 0.15) is 11.6 Å². The molecule has 0 aliphatic carbocycles. The Kier molecular flexibility index (Phi) is 5.16. The number of nitrogens with one attached hydrogen (secondary N) is 1. The Hall–Kier alpha value is -1.07. The fraction of sp³-hybridized carbons (Fsp3) is 0.545. The minimum absolute atomic E-state index is 0.0241. The van der Waals surface area contributed by atoms with Gasteiger partial charge in [0.05, 0.1) is 11.2 Å². The van der Waals surface area contributed by atoms with E-state index in [0.717, 1.165) is 4.68 Å². The molecular weight excluding hydrogens is 277 g/mol. The van der Waals surface area contributed by atoms with E-state index in [1.807, 2.05) is 20.8 Å². The van der Waals surface area contributed by atoms with Crippen molar-refractivity contribution in [1.82, 2.24) is 15.1 Å². The molecule has 1 heterocycles. The summed E-state index contributed by atoms with van der Waals surface area (Å²) in [5.41, 5.74) is -0.573. The number of amides is 1. The van der Waals surface area contributed by atoms with Gasteiger partial charge >= 0.3 is 0 Å². The predicted molar refractivity (Wildman–Crippen MR) is 71.0 cm³/mol. The summed E-state index contributed by atoms with van der Waals surface area (Å²) in [7, 11) is 0. The zero-order valence-corrected chi connectivity index (χ0v) is 11.9. The van der Waals surface area contributed by atoms with E-state index < -0.39 is 5.56 Å². The Morgan fingerprint density at radius 2 is 2.06 bits per heavy atom. The van der Waals surface area contributed by atoms with E-state index in [-0.39, 0.29) is 28.5 Å². The molecule has 0 aliphatic rings. The van der Waals surface area contributed by atoms with Crippen molar-refractivity contribution >= 4 is 29.1 Å². The molecule has 0 bridgehead atoms. The second-order valence-electron chi connectivity index (χ2n) is 4.37. The first-order valence-corrected chi connectivity index (χ1v) is 6.29. The second kappa shape index (κ2) is 6.20. The number of nitrogens with zero attached hydrogens (tertiary/aromatic N) is 2. The molecule has 1 amide bonds. The van der Waals surface area contributed by atoms with E-state index in [9.17, 15) is 9.59 Å². The normalized spacial score (nSPS) is 12.6. The van der Waals surface area contributed by atoms with Gasteiger partial charge in [-0.25, -0.2) is 4.68 Å². The number of rotatable bonds is 4. The van der Waals surface area contributed by atoms with Gasteiger partial charge in [0, 0.05) is 6.04 Å². The van der Waals surface area contributed by atoms with Gasteiger partial charge < -0.3 is 5.32 Å². The maximum Gasteiger partial charge on any atom is 0.287 e. The Morgan fingerprint density at radius 1 is 1.44 bits per heavy atom. The monoisotopic (exact) mass is 291 g/mol. The summed E-state index contributed by atoms with van der Waals surface area (Å²) in [5, 5.41) is 6.48. The summed E-state index contributed by atoms with van der Waals surface area (Å²) < 4.78 is 0.983. The van der Waals surface area contributed by atoms with Crippen LogP contribution in [0.4, 0.5) is 0 Å². The quantitative estimate of drug-likeness (QED) is 0.919. The lowest BCUT2D eigenvalue weighted by molar-refractivity contribution is -0.122. The fourth-order valence-electron chi connectivity index (χ4n) is 1.16. The zero-order valence-electron chi connectivity index (χ0n) is 10.4. The van der Waals surface area contributed by atoms with Crippen LogP contribution in [0.5, 0.6) is 0 Å². The maximum atomic E-state index is 11.7. The molecule has 0 spiro atoms. The van der Waals surface area contributed by atoms with E-state index in [1.165, 1.54) is 6.20 Å². The average Bonchev–Trinajstić information content (AvgIpc) is 2.29. The summed E-state index contributed by atoms with van der Waals surface area (Å²) in [6, 6.07) is 0.0241. The van der Waals surface area contributed by atoms with E-state index in [4.69, 9.17) is 23.2 Å². The minimum atomic E-state index is -0.573. The Morgan fingerprint density at radius 3 is 2.61 bits per heavy atom. The summed E-state index contributed by atoms with van der Waals surface area (Å²) >= 11 is 11.3. The summed E-state index contributed by atoms with van der Waals surface area (Å²) in [6.07, 6.45) is 1.24. The lowest BCUT2D eigenvalue weighted by Crippen LogP contribution is -2.40. The molecule has 0 unspecified atom stereocenters. The van der Waals surface area contributed by atoms with Crippen LogP contribution in [-0.2, 0) is 11.3 Å². The van der Waals surface area contributed by atoms with Crippen molar-refractivity contribution in [2.75, 3.05) is 0 Å². The third-order valence-electron chi connectivity index (χ3n) is 2.62. The highest BCUT2D eigenvalue weighted by Gasteiger charge is 2.14. The predicted octanol–water partition coefficient (Wildman–Crippen LogP) is 1.71. The van der Waals surface area contributed by atoms with Crippen LogP contribution in [0.3, 0.4) is 0 Å². The van der Waals surface area contributed by atoms with Gasteiger partial charge in [-0.05, 0) is 12.8 Å². The van der Waals surface area contributed by atoms with Gasteiger partial charge in [-0.3, -0.25) is 9.59 Å². The molecule has 1 aromatic rings. The minimum Gasteiger partial charge on any atom is -0.352 e. The van der Waals surface area contributed by atoms with E-state index in [2.05, 4.69) is 10.4 Å². The van der Waals surface area contributed by atoms with Crippen molar-refractivity contribution in [2.24, 2.45) is 5.92 Å². The van der Waals surface area contributed by atoms with Crippen LogP contribution in [0, 0.1) is 5.92 Å². The third kappa shape index (κ3) is 3.71. The largest absolute Gasteiger partial charge is 0.352 e. The first kappa shape index (κ1) is 15.0. The molecule has 0 radical (unpaired) electrons. The number of hydrogen-bond donors (Lipinski definition) is 1. The molecule has 7 heteroatoms. The molecule has 1 aromatic heterocycles. The molecular formula is C11H15Cl2N3O2. The standard InChI is InChI=1S/C11H15Cl2N3O2/c1-6(2)7(3)15-9(17)5-16-11(18)10(13)8(12)4-14-16/h4,6-7H,5H2,1-3H3,(H,15,17)/t7-/m1/s1. The number of hydrogen-bond acceptors (Lipinski definition) is 3. The first-order valence-electron chi connectivity index (χ1n) is 5.53. The molecule has 5 nitrogen and oxygen atoms in total. The molecule has 1 rings (SSSR count). The van der Waals surface area contributed by atoms with Crippen molar-refractivity contribution in [2.45, 2.75) is 33.4 Å². The zero-order chi connectivity index (χ0) is 13.9. The van der Waals surface area contributed by atoms with E-state index in [0.29, 0.717) is 5.92 Å². The van der Waals surface area contributed by atoms with Crippen LogP contribution in [0.2, 0.25) is 10.0 Å². The SMILES string of the molecule is CC(C)[C@@H](C)NC(=O)Cn1ncc(Cl)c(Cl)c1=O. The van der Waals surface area contributed by atoms with Crippen molar-refractivity contribution in [1.29, 1.82) is 0 Å². The lowest BCUT2D eigenvalue weighted by Gasteiger charge is -2.17. The Balaban J connectivity index is 2.77. The molecule has 1 N–H and O–H groups in total. The lowest BCUT2D eigenvalue weighted by atomic mass is 10.1. The maximum absolute atomic E-state index is 11.7. The Labute approximate surface area is 115 Å². The van der Waals surface area contributed by atoms with Crippen molar-refractivity contribution < 1.29 is 4.79 Å². The van der Waals surface area contributed by atoms with Crippen molar-refractivity contribution in [3.63, 3.8) is 0 Å². The first-order chi connectivity index (χ1) is 8.32. The molecule has 18 heavy (non-hydrogen) atoms. The second-order valence-corrected chi connectivity index (χ2v) is 5.15. The topological polar surface area (TPSA) is 64.0 Å². The Bertz CT molecular complexity index is 500. The number of carbonyl (C=O) groups excluding carboxylic acids is 1. The van der Waals surface area contributed by atoms with Crippen molar-refractivity contribution in [3.8, 4) is 0 Å². The number of carbonyl (C=O) groups is 1. The number of aromatic nitrogens is 2. The molecule has 0 saturated heterocycles. The molecule has 0 saturated carbocycles. The van der Waals surface area contributed by atoms with Crippen LogP contribution in [0.25, 0.3) is 0 Å².